The van der Waals surface area contributed by atoms with Crippen LogP contribution in [-0.4, -0.2) is 24.9 Å². The lowest BCUT2D eigenvalue weighted by atomic mass is 10.1. The quantitative estimate of drug-likeness (QED) is 0.710. The van der Waals surface area contributed by atoms with Crippen molar-refractivity contribution in [2.24, 2.45) is 0 Å². The molecule has 0 aliphatic heterocycles. The van der Waals surface area contributed by atoms with Gasteiger partial charge in [0.05, 0.1) is 5.56 Å². The molecule has 0 bridgehead atoms. The highest BCUT2D eigenvalue weighted by Gasteiger charge is 2.24. The van der Waals surface area contributed by atoms with Gasteiger partial charge in [-0.1, -0.05) is 24.2 Å². The predicted molar refractivity (Wildman–Crippen MR) is 81.4 cm³/mol. The van der Waals surface area contributed by atoms with Crippen LogP contribution in [0.2, 0.25) is 0 Å². The van der Waals surface area contributed by atoms with Crippen LogP contribution < -0.4 is 5.73 Å². The molecule has 0 unspecified atom stereocenters. The first-order chi connectivity index (χ1) is 10.2. The maximum atomic E-state index is 10.0. The topological polar surface area (TPSA) is 89.3 Å². The van der Waals surface area contributed by atoms with E-state index in [1.807, 2.05) is 4.52 Å². The highest BCUT2D eigenvalue weighted by atomic mass is 32.1. The van der Waals surface area contributed by atoms with E-state index in [0.29, 0.717) is 17.2 Å². The Hall–Kier alpha value is -2.15. The molecule has 6 nitrogen and oxygen atoms in total. The van der Waals surface area contributed by atoms with Gasteiger partial charge in [-0.15, -0.1) is 10.2 Å². The summed E-state index contributed by atoms with van der Waals surface area (Å²) in [7, 11) is 0. The Morgan fingerprint density at radius 3 is 2.81 bits per heavy atom. The molecule has 0 atom stereocenters. The summed E-state index contributed by atoms with van der Waals surface area (Å²) in [6.07, 6.45) is 4.80. The van der Waals surface area contributed by atoms with Crippen LogP contribution in [0.5, 0.6) is 5.75 Å². The summed E-state index contributed by atoms with van der Waals surface area (Å²) in [5, 5.41) is 23.9. The average Bonchev–Trinajstić information content (AvgIpc) is 3.13. The maximum Gasteiger partial charge on any atom is 0.234 e. The molecular formula is C14H15N5OS. The number of aromatic nitrogens is 4. The zero-order valence-corrected chi connectivity index (χ0v) is 12.2. The maximum absolute atomic E-state index is 10.0. The third-order valence-electron chi connectivity index (χ3n) is 3.99. The fraction of sp³-hybridized carbons (Fsp3) is 0.357. The fourth-order valence-corrected chi connectivity index (χ4v) is 3.79. The number of phenolic OH excluding ortho intramolecular Hbond substituents is 1. The van der Waals surface area contributed by atoms with E-state index >= 15 is 0 Å². The second-order valence-corrected chi connectivity index (χ2v) is 6.37. The number of anilines is 1. The van der Waals surface area contributed by atoms with Crippen LogP contribution in [0.4, 0.5) is 5.69 Å². The lowest BCUT2D eigenvalue weighted by Crippen LogP contribution is -2.01. The average molecular weight is 301 g/mol. The van der Waals surface area contributed by atoms with Crippen LogP contribution in [0, 0.1) is 0 Å². The number of phenols is 1. The van der Waals surface area contributed by atoms with E-state index in [1.54, 1.807) is 12.1 Å². The molecule has 0 saturated heterocycles. The van der Waals surface area contributed by atoms with E-state index in [0.717, 1.165) is 28.6 Å². The minimum atomic E-state index is 0.141. The Morgan fingerprint density at radius 1 is 1.24 bits per heavy atom. The molecule has 1 fully saturated rings. The molecule has 1 aromatic carbocycles. The molecule has 1 saturated carbocycles. The first-order valence-corrected chi connectivity index (χ1v) is 7.85. The normalized spacial score (nSPS) is 16.0. The molecule has 0 radical (unpaired) electrons. The van der Waals surface area contributed by atoms with Crippen LogP contribution in [0.1, 0.15) is 37.4 Å². The van der Waals surface area contributed by atoms with Gasteiger partial charge in [-0.05, 0) is 25.0 Å². The second kappa shape index (κ2) is 4.70. The summed E-state index contributed by atoms with van der Waals surface area (Å²) in [5.74, 6) is 1.54. The lowest BCUT2D eigenvalue weighted by molar-refractivity contribution is 0.477. The zero-order valence-electron chi connectivity index (χ0n) is 11.4. The summed E-state index contributed by atoms with van der Waals surface area (Å²) in [5.41, 5.74) is 6.87. The molecule has 108 valence electrons. The lowest BCUT2D eigenvalue weighted by Gasteiger charge is -2.04. The molecule has 3 aromatic rings. The van der Waals surface area contributed by atoms with Crippen molar-refractivity contribution in [3.05, 3.63) is 24.0 Å². The van der Waals surface area contributed by atoms with Gasteiger partial charge in [0.1, 0.15) is 5.75 Å². The number of rotatable bonds is 2. The van der Waals surface area contributed by atoms with Gasteiger partial charge in [-0.25, -0.2) is 0 Å². The molecule has 7 heteroatoms. The molecule has 1 aliphatic rings. The van der Waals surface area contributed by atoms with E-state index < -0.39 is 0 Å². The van der Waals surface area contributed by atoms with Gasteiger partial charge in [0, 0.05) is 17.7 Å². The Labute approximate surface area is 125 Å². The Kier molecular flexibility index (Phi) is 2.81. The first-order valence-electron chi connectivity index (χ1n) is 7.03. The zero-order chi connectivity index (χ0) is 14.4. The largest absolute Gasteiger partial charge is 0.507 e. The molecule has 0 amide bonds. The van der Waals surface area contributed by atoms with Gasteiger partial charge < -0.3 is 10.8 Å². The monoisotopic (exact) mass is 301 g/mol. The highest BCUT2D eigenvalue weighted by Crippen LogP contribution is 2.36. The number of hydrogen-bond donors (Lipinski definition) is 2. The third kappa shape index (κ3) is 2.04. The molecular weight excluding hydrogens is 286 g/mol. The highest BCUT2D eigenvalue weighted by molar-refractivity contribution is 7.19. The van der Waals surface area contributed by atoms with Gasteiger partial charge >= 0.3 is 0 Å². The van der Waals surface area contributed by atoms with Gasteiger partial charge in [0.15, 0.2) is 10.8 Å². The molecule has 4 rings (SSSR count). The minimum absolute atomic E-state index is 0.141. The standard InChI is InChI=1S/C14H15N5OS/c15-9-5-6-10(11(20)7-9)13-18-19-12(8-3-1-2-4-8)16-17-14(19)21-13/h5-8,20H,1-4,15H2. The number of fused-ring (bicyclic) bond motifs is 1. The molecule has 21 heavy (non-hydrogen) atoms. The SMILES string of the molecule is Nc1ccc(-c2nn3c(C4CCCC4)nnc3s2)c(O)c1. The molecule has 1 aliphatic carbocycles. The van der Waals surface area contributed by atoms with Crippen LogP contribution in [-0.2, 0) is 0 Å². The summed E-state index contributed by atoms with van der Waals surface area (Å²) in [6, 6.07) is 5.08. The van der Waals surface area contributed by atoms with Crippen molar-refractivity contribution in [2.45, 2.75) is 31.6 Å². The van der Waals surface area contributed by atoms with Gasteiger partial charge in [-0.2, -0.15) is 9.61 Å². The predicted octanol–water partition coefficient (Wildman–Crippen LogP) is 2.80. The molecule has 0 spiro atoms. The van der Waals surface area contributed by atoms with E-state index in [9.17, 15) is 5.11 Å². The van der Waals surface area contributed by atoms with Gasteiger partial charge in [0.25, 0.3) is 0 Å². The van der Waals surface area contributed by atoms with Crippen LogP contribution in [0.25, 0.3) is 15.5 Å². The van der Waals surface area contributed by atoms with Crippen molar-refractivity contribution in [3.63, 3.8) is 0 Å². The van der Waals surface area contributed by atoms with E-state index in [1.165, 1.54) is 30.2 Å². The summed E-state index contributed by atoms with van der Waals surface area (Å²) < 4.78 is 1.83. The van der Waals surface area contributed by atoms with Gasteiger partial charge in [-0.3, -0.25) is 0 Å². The number of nitrogens with two attached hydrogens (primary N) is 1. The van der Waals surface area contributed by atoms with Crippen molar-refractivity contribution < 1.29 is 5.11 Å². The number of nitrogen functional groups attached to an aromatic ring is 1. The number of hydrogen-bond acceptors (Lipinski definition) is 6. The molecule has 2 aromatic heterocycles. The first kappa shape index (κ1) is 12.6. The Morgan fingerprint density at radius 2 is 2.05 bits per heavy atom. The number of nitrogens with zero attached hydrogens (tertiary/aromatic N) is 4. The van der Waals surface area contributed by atoms with E-state index in [-0.39, 0.29) is 5.75 Å². The van der Waals surface area contributed by atoms with E-state index in [4.69, 9.17) is 5.73 Å². The fourth-order valence-electron chi connectivity index (χ4n) is 2.91. The summed E-state index contributed by atoms with van der Waals surface area (Å²) in [4.78, 5) is 0.767. The van der Waals surface area contributed by atoms with Crippen LogP contribution in [0.3, 0.4) is 0 Å². The van der Waals surface area contributed by atoms with Crippen LogP contribution in [0.15, 0.2) is 18.2 Å². The van der Waals surface area contributed by atoms with Gasteiger partial charge in [0.2, 0.25) is 4.96 Å². The molecule has 3 N–H and O–H groups in total. The van der Waals surface area contributed by atoms with Crippen molar-refractivity contribution in [2.75, 3.05) is 5.73 Å². The van der Waals surface area contributed by atoms with Crippen molar-refractivity contribution in [1.82, 2.24) is 19.8 Å². The van der Waals surface area contributed by atoms with E-state index in [2.05, 4.69) is 15.3 Å². The minimum Gasteiger partial charge on any atom is -0.507 e. The number of aromatic hydroxyl groups is 1. The Balaban J connectivity index is 1.80. The second-order valence-electron chi connectivity index (χ2n) is 5.42. The van der Waals surface area contributed by atoms with Crippen LogP contribution >= 0.6 is 11.3 Å². The summed E-state index contributed by atoms with van der Waals surface area (Å²) >= 11 is 1.43. The number of benzene rings is 1. The van der Waals surface area contributed by atoms with Crippen molar-refractivity contribution in [3.8, 4) is 16.3 Å². The van der Waals surface area contributed by atoms with Crippen molar-refractivity contribution in [1.29, 1.82) is 0 Å². The molecule has 2 heterocycles. The Bertz CT molecular complexity index is 803. The van der Waals surface area contributed by atoms with Crippen molar-refractivity contribution >= 4 is 22.0 Å². The summed E-state index contributed by atoms with van der Waals surface area (Å²) in [6.45, 7) is 0. The smallest absolute Gasteiger partial charge is 0.234 e. The third-order valence-corrected chi connectivity index (χ3v) is 4.92.